The van der Waals surface area contributed by atoms with Gasteiger partial charge in [-0.1, -0.05) is 24.3 Å². The third-order valence-corrected chi connectivity index (χ3v) is 4.56. The Hall–Kier alpha value is -1.56. The zero-order chi connectivity index (χ0) is 14.2. The van der Waals surface area contributed by atoms with Crippen LogP contribution in [0.5, 0.6) is 0 Å². The van der Waals surface area contributed by atoms with E-state index < -0.39 is 0 Å². The summed E-state index contributed by atoms with van der Waals surface area (Å²) in [6.45, 7) is 13.4. The SMILES string of the molecule is Cc1ccc(C)c(Cc2c(C)ccc(C)c2C)c1C. The smallest absolute Gasteiger partial charge is 0.00151 e. The van der Waals surface area contributed by atoms with E-state index in [1.807, 2.05) is 0 Å². The van der Waals surface area contributed by atoms with E-state index in [-0.39, 0.29) is 0 Å². The Labute approximate surface area is 117 Å². The summed E-state index contributed by atoms with van der Waals surface area (Å²) in [6.07, 6.45) is 1.05. The Bertz CT molecular complexity index is 563. The van der Waals surface area contributed by atoms with Gasteiger partial charge in [-0.25, -0.2) is 0 Å². The quantitative estimate of drug-likeness (QED) is 0.695. The van der Waals surface area contributed by atoms with Gasteiger partial charge in [0, 0.05) is 0 Å². The van der Waals surface area contributed by atoms with Crippen molar-refractivity contribution in [2.75, 3.05) is 0 Å². The van der Waals surface area contributed by atoms with Gasteiger partial charge in [-0.3, -0.25) is 0 Å². The molecule has 19 heavy (non-hydrogen) atoms. The van der Waals surface area contributed by atoms with Gasteiger partial charge in [0.1, 0.15) is 0 Å². The maximum absolute atomic E-state index is 2.25. The Morgan fingerprint density at radius 3 is 1.21 bits per heavy atom. The fourth-order valence-corrected chi connectivity index (χ4v) is 2.74. The molecule has 0 radical (unpaired) electrons. The van der Waals surface area contributed by atoms with Crippen molar-refractivity contribution in [3.05, 3.63) is 68.8 Å². The van der Waals surface area contributed by atoms with Crippen LogP contribution < -0.4 is 0 Å². The Morgan fingerprint density at radius 2 is 0.842 bits per heavy atom. The van der Waals surface area contributed by atoms with Crippen LogP contribution in [-0.2, 0) is 6.42 Å². The molecule has 0 bridgehead atoms. The molecule has 0 amide bonds. The second kappa shape index (κ2) is 5.21. The predicted molar refractivity (Wildman–Crippen MR) is 84.1 cm³/mol. The molecule has 0 fully saturated rings. The molecule has 100 valence electrons. The van der Waals surface area contributed by atoms with Gasteiger partial charge in [0.05, 0.1) is 0 Å². The van der Waals surface area contributed by atoms with Crippen molar-refractivity contribution in [2.24, 2.45) is 0 Å². The molecule has 0 saturated carbocycles. The van der Waals surface area contributed by atoms with Crippen molar-refractivity contribution < 1.29 is 0 Å². The fraction of sp³-hybridized carbons (Fsp3) is 0.368. The van der Waals surface area contributed by atoms with E-state index in [9.17, 15) is 0 Å². The van der Waals surface area contributed by atoms with Crippen LogP contribution in [0.4, 0.5) is 0 Å². The number of hydrogen-bond acceptors (Lipinski definition) is 0. The van der Waals surface area contributed by atoms with Crippen LogP contribution in [0, 0.1) is 41.5 Å². The molecule has 0 aliphatic rings. The zero-order valence-corrected chi connectivity index (χ0v) is 13.0. The molecule has 0 heterocycles. The standard InChI is InChI=1S/C19H24/c1-12-7-9-14(3)18(16(12)5)11-19-15(4)10-8-13(2)17(19)6/h7-10H,11H2,1-6H3. The monoisotopic (exact) mass is 252 g/mol. The summed E-state index contributed by atoms with van der Waals surface area (Å²) in [4.78, 5) is 0. The van der Waals surface area contributed by atoms with E-state index in [4.69, 9.17) is 0 Å². The van der Waals surface area contributed by atoms with Gasteiger partial charge in [-0.15, -0.1) is 0 Å². The van der Waals surface area contributed by atoms with Crippen molar-refractivity contribution >= 4 is 0 Å². The number of benzene rings is 2. The molecule has 0 aliphatic heterocycles. The lowest BCUT2D eigenvalue weighted by molar-refractivity contribution is 1.06. The molecule has 2 aromatic rings. The average Bonchev–Trinajstić information content (AvgIpc) is 2.38. The third kappa shape index (κ3) is 2.58. The van der Waals surface area contributed by atoms with Crippen molar-refractivity contribution in [1.29, 1.82) is 0 Å². The highest BCUT2D eigenvalue weighted by molar-refractivity contribution is 5.47. The normalized spacial score (nSPS) is 10.8. The number of hydrogen-bond donors (Lipinski definition) is 0. The maximum Gasteiger partial charge on any atom is -0.00151 e. The largest absolute Gasteiger partial charge is 0.0588 e. The second-order valence-corrected chi connectivity index (χ2v) is 5.78. The molecular formula is C19H24. The molecule has 0 nitrogen and oxygen atoms in total. The first-order valence-corrected chi connectivity index (χ1v) is 7.03. The van der Waals surface area contributed by atoms with Crippen molar-refractivity contribution in [3.63, 3.8) is 0 Å². The van der Waals surface area contributed by atoms with E-state index in [1.165, 1.54) is 44.5 Å². The molecular weight excluding hydrogens is 228 g/mol. The van der Waals surface area contributed by atoms with Crippen molar-refractivity contribution in [2.45, 2.75) is 48.0 Å². The number of rotatable bonds is 2. The lowest BCUT2D eigenvalue weighted by Crippen LogP contribution is -2.02. The molecule has 0 N–H and O–H groups in total. The van der Waals surface area contributed by atoms with Crippen LogP contribution in [-0.4, -0.2) is 0 Å². The van der Waals surface area contributed by atoms with Crippen molar-refractivity contribution in [3.8, 4) is 0 Å². The van der Waals surface area contributed by atoms with Crippen LogP contribution in [0.3, 0.4) is 0 Å². The molecule has 0 saturated heterocycles. The van der Waals surface area contributed by atoms with E-state index >= 15 is 0 Å². The minimum absolute atomic E-state index is 1.05. The van der Waals surface area contributed by atoms with Crippen LogP contribution >= 0.6 is 0 Å². The Kier molecular flexibility index (Phi) is 3.80. The molecule has 0 heteroatoms. The van der Waals surface area contributed by atoms with Gasteiger partial charge >= 0.3 is 0 Å². The van der Waals surface area contributed by atoms with E-state index in [0.29, 0.717) is 0 Å². The molecule has 2 rings (SSSR count). The third-order valence-electron chi connectivity index (χ3n) is 4.56. The second-order valence-electron chi connectivity index (χ2n) is 5.78. The van der Waals surface area contributed by atoms with Gasteiger partial charge < -0.3 is 0 Å². The molecule has 0 spiro atoms. The first-order chi connectivity index (χ1) is 8.91. The average molecular weight is 252 g/mol. The minimum Gasteiger partial charge on any atom is -0.0588 e. The summed E-state index contributed by atoms with van der Waals surface area (Å²) in [6, 6.07) is 8.95. The number of aryl methyl sites for hydroxylation is 4. The highest BCUT2D eigenvalue weighted by Crippen LogP contribution is 2.25. The van der Waals surface area contributed by atoms with E-state index in [0.717, 1.165) is 6.42 Å². The highest BCUT2D eigenvalue weighted by atomic mass is 14.2. The first-order valence-electron chi connectivity index (χ1n) is 7.03. The van der Waals surface area contributed by atoms with Crippen LogP contribution in [0.1, 0.15) is 44.5 Å². The molecule has 0 unspecified atom stereocenters. The van der Waals surface area contributed by atoms with E-state index in [1.54, 1.807) is 0 Å². The van der Waals surface area contributed by atoms with E-state index in [2.05, 4.69) is 65.8 Å². The van der Waals surface area contributed by atoms with Crippen LogP contribution in [0.25, 0.3) is 0 Å². The fourth-order valence-electron chi connectivity index (χ4n) is 2.74. The lowest BCUT2D eigenvalue weighted by atomic mass is 9.88. The van der Waals surface area contributed by atoms with Gasteiger partial charge in [0.25, 0.3) is 0 Å². The maximum atomic E-state index is 2.25. The Morgan fingerprint density at radius 1 is 0.526 bits per heavy atom. The molecule has 0 atom stereocenters. The highest BCUT2D eigenvalue weighted by Gasteiger charge is 2.10. The lowest BCUT2D eigenvalue weighted by Gasteiger charge is -2.17. The first kappa shape index (κ1) is 13.9. The summed E-state index contributed by atoms with van der Waals surface area (Å²) in [5, 5.41) is 0. The van der Waals surface area contributed by atoms with Gasteiger partial charge in [0.2, 0.25) is 0 Å². The Balaban J connectivity index is 2.54. The summed E-state index contributed by atoms with van der Waals surface area (Å²) in [5.41, 5.74) is 11.5. The van der Waals surface area contributed by atoms with Crippen molar-refractivity contribution in [1.82, 2.24) is 0 Å². The van der Waals surface area contributed by atoms with Crippen LogP contribution in [0.15, 0.2) is 24.3 Å². The molecule has 2 aromatic carbocycles. The molecule has 0 aliphatic carbocycles. The summed E-state index contributed by atoms with van der Waals surface area (Å²) < 4.78 is 0. The summed E-state index contributed by atoms with van der Waals surface area (Å²) in [5.74, 6) is 0. The summed E-state index contributed by atoms with van der Waals surface area (Å²) in [7, 11) is 0. The summed E-state index contributed by atoms with van der Waals surface area (Å²) >= 11 is 0. The minimum atomic E-state index is 1.05. The predicted octanol–water partition coefficient (Wildman–Crippen LogP) is 5.13. The van der Waals surface area contributed by atoms with Gasteiger partial charge in [0.15, 0.2) is 0 Å². The van der Waals surface area contributed by atoms with Crippen LogP contribution in [0.2, 0.25) is 0 Å². The molecule has 0 aromatic heterocycles. The zero-order valence-electron chi connectivity index (χ0n) is 13.0. The van der Waals surface area contributed by atoms with Gasteiger partial charge in [-0.05, 0) is 92.5 Å². The van der Waals surface area contributed by atoms with Gasteiger partial charge in [-0.2, -0.15) is 0 Å². The topological polar surface area (TPSA) is 0 Å².